The van der Waals surface area contributed by atoms with Gasteiger partial charge in [-0.1, -0.05) is 54.8 Å². The molecule has 1 heterocycles. The molecule has 35 heavy (non-hydrogen) atoms. The van der Waals surface area contributed by atoms with Crippen molar-refractivity contribution < 1.29 is 22.8 Å². The highest BCUT2D eigenvalue weighted by atomic mass is 32.2. The first-order chi connectivity index (χ1) is 16.7. The number of carbonyl (C=O) groups excluding carboxylic acids is 2. The monoisotopic (exact) mass is 502 g/mol. The van der Waals surface area contributed by atoms with E-state index in [4.69, 9.17) is 0 Å². The van der Waals surface area contributed by atoms with Crippen LogP contribution in [0.2, 0.25) is 0 Å². The maximum absolute atomic E-state index is 13.4. The van der Waals surface area contributed by atoms with Gasteiger partial charge in [0.05, 0.1) is 10.5 Å². The smallest absolute Gasteiger partial charge is 0.354 e. The van der Waals surface area contributed by atoms with Gasteiger partial charge in [0.15, 0.2) is 0 Å². The predicted octanol–water partition coefficient (Wildman–Crippen LogP) is 5.60. The molecule has 0 bridgehead atoms. The quantitative estimate of drug-likeness (QED) is 0.523. The van der Waals surface area contributed by atoms with Gasteiger partial charge in [-0.05, 0) is 55.5 Å². The topological polar surface area (TPSA) is 49.4 Å². The maximum atomic E-state index is 13.4. The van der Waals surface area contributed by atoms with Crippen LogP contribution < -0.4 is 5.32 Å². The number of carbonyl (C=O) groups is 2. The molecule has 1 N–H and O–H groups in total. The van der Waals surface area contributed by atoms with Crippen molar-refractivity contribution in [3.8, 4) is 0 Å². The Morgan fingerprint density at radius 3 is 2.60 bits per heavy atom. The molecule has 1 aliphatic heterocycles. The van der Waals surface area contributed by atoms with Crippen LogP contribution in [0.25, 0.3) is 6.08 Å². The number of hydrogen-bond acceptors (Lipinski definition) is 3. The van der Waals surface area contributed by atoms with E-state index >= 15 is 0 Å². The first-order valence-corrected chi connectivity index (χ1v) is 12.8. The minimum absolute atomic E-state index is 0.00599. The number of aryl methyl sites for hydroxylation is 1. The number of rotatable bonds is 6. The first kappa shape index (κ1) is 25.4. The van der Waals surface area contributed by atoms with Crippen molar-refractivity contribution in [1.29, 1.82) is 0 Å². The minimum atomic E-state index is -4.40. The lowest BCUT2D eigenvalue weighted by atomic mass is 9.93. The molecular weight excluding hydrogens is 473 g/mol. The zero-order chi connectivity index (χ0) is 25.0. The second-order valence-corrected chi connectivity index (χ2v) is 10.4. The van der Waals surface area contributed by atoms with Crippen LogP contribution in [0.15, 0.2) is 53.4 Å². The normalized spacial score (nSPS) is 21.7. The van der Waals surface area contributed by atoms with Crippen molar-refractivity contribution in [3.63, 3.8) is 0 Å². The maximum Gasteiger partial charge on any atom is 0.416 e. The predicted molar refractivity (Wildman–Crippen MR) is 133 cm³/mol. The van der Waals surface area contributed by atoms with Crippen LogP contribution in [-0.4, -0.2) is 41.1 Å². The zero-order valence-electron chi connectivity index (χ0n) is 19.6. The van der Waals surface area contributed by atoms with Crippen molar-refractivity contribution in [2.24, 2.45) is 0 Å². The minimum Gasteiger partial charge on any atom is -0.354 e. The lowest BCUT2D eigenvalue weighted by Gasteiger charge is -2.43. The summed E-state index contributed by atoms with van der Waals surface area (Å²) in [5.74, 6) is -0.428. The molecule has 0 spiro atoms. The fraction of sp³-hybridized carbons (Fsp3) is 0.407. The van der Waals surface area contributed by atoms with Gasteiger partial charge in [-0.25, -0.2) is 0 Å². The summed E-state index contributed by atoms with van der Waals surface area (Å²) in [5, 5.41) is 3.12. The Morgan fingerprint density at radius 1 is 1.14 bits per heavy atom. The Morgan fingerprint density at radius 2 is 1.89 bits per heavy atom. The van der Waals surface area contributed by atoms with Crippen LogP contribution in [0.3, 0.4) is 0 Å². The lowest BCUT2D eigenvalue weighted by Crippen LogP contribution is -2.54. The summed E-state index contributed by atoms with van der Waals surface area (Å²) >= 11 is 1.49. The molecule has 0 radical (unpaired) electrons. The van der Waals surface area contributed by atoms with Crippen molar-refractivity contribution in [2.45, 2.75) is 56.5 Å². The number of fused-ring (bicyclic) bond motifs is 1. The van der Waals surface area contributed by atoms with Gasteiger partial charge in [0.2, 0.25) is 5.91 Å². The second-order valence-electron chi connectivity index (χ2n) is 9.16. The van der Waals surface area contributed by atoms with E-state index in [2.05, 4.69) is 11.4 Å². The Kier molecular flexibility index (Phi) is 7.89. The van der Waals surface area contributed by atoms with E-state index in [1.807, 2.05) is 25.1 Å². The van der Waals surface area contributed by atoms with Gasteiger partial charge in [0.1, 0.15) is 6.54 Å². The molecule has 8 heteroatoms. The molecule has 1 saturated carbocycles. The Hall–Kier alpha value is -2.74. The average molecular weight is 503 g/mol. The van der Waals surface area contributed by atoms with Crippen molar-refractivity contribution in [2.75, 3.05) is 13.1 Å². The zero-order valence-corrected chi connectivity index (χ0v) is 20.4. The van der Waals surface area contributed by atoms with Crippen LogP contribution in [0, 0.1) is 6.92 Å². The van der Waals surface area contributed by atoms with Gasteiger partial charge in [0, 0.05) is 17.8 Å². The van der Waals surface area contributed by atoms with Gasteiger partial charge >= 0.3 is 6.18 Å². The van der Waals surface area contributed by atoms with Gasteiger partial charge in [-0.15, -0.1) is 11.8 Å². The summed E-state index contributed by atoms with van der Waals surface area (Å²) in [6.07, 6.45) is 1.82. The molecule has 2 amide bonds. The third kappa shape index (κ3) is 6.48. The van der Waals surface area contributed by atoms with E-state index in [1.54, 1.807) is 11.0 Å². The molecule has 2 atom stereocenters. The Balaban J connectivity index is 1.44. The fourth-order valence-electron chi connectivity index (χ4n) is 4.71. The highest BCUT2D eigenvalue weighted by Crippen LogP contribution is 2.42. The van der Waals surface area contributed by atoms with Crippen LogP contribution in [0.4, 0.5) is 13.2 Å². The number of halogens is 3. The summed E-state index contributed by atoms with van der Waals surface area (Å²) in [4.78, 5) is 28.2. The van der Waals surface area contributed by atoms with Gasteiger partial charge in [0.25, 0.3) is 5.91 Å². The molecule has 4 rings (SSSR count). The summed E-state index contributed by atoms with van der Waals surface area (Å²) in [5.41, 5.74) is 2.12. The van der Waals surface area contributed by atoms with E-state index in [0.29, 0.717) is 23.4 Å². The van der Waals surface area contributed by atoms with E-state index in [0.717, 1.165) is 43.4 Å². The van der Waals surface area contributed by atoms with Crippen molar-refractivity contribution in [3.05, 3.63) is 75.7 Å². The highest BCUT2D eigenvalue weighted by Gasteiger charge is 2.41. The summed E-state index contributed by atoms with van der Waals surface area (Å²) in [6, 6.07) is 12.9. The molecule has 2 aliphatic rings. The van der Waals surface area contributed by atoms with Crippen molar-refractivity contribution >= 4 is 29.7 Å². The average Bonchev–Trinajstić information content (AvgIpc) is 2.81. The summed E-state index contributed by atoms with van der Waals surface area (Å²) in [7, 11) is 0. The molecule has 1 saturated heterocycles. The number of thioether (sulfide) groups is 1. The van der Waals surface area contributed by atoms with Crippen molar-refractivity contribution in [1.82, 2.24) is 10.2 Å². The molecular formula is C27H29F3N2O2S. The van der Waals surface area contributed by atoms with Gasteiger partial charge in [-0.2, -0.15) is 13.2 Å². The first-order valence-electron chi connectivity index (χ1n) is 11.9. The fourth-order valence-corrected chi connectivity index (χ4v) is 6.18. The SMILES string of the molecule is Cc1cccc(CCNC(=O)CN2C(=O)/C(=C/c3ccc(C(F)(F)F)cc3)SC3CCCCC32)c1. The molecule has 186 valence electrons. The molecule has 2 aromatic carbocycles. The largest absolute Gasteiger partial charge is 0.416 e. The van der Waals surface area contributed by atoms with E-state index in [-0.39, 0.29) is 29.7 Å². The molecule has 1 aliphatic carbocycles. The molecule has 0 aromatic heterocycles. The molecule has 2 fully saturated rings. The number of nitrogens with zero attached hydrogens (tertiary/aromatic N) is 1. The Labute approximate surface area is 208 Å². The lowest BCUT2D eigenvalue weighted by molar-refractivity contribution is -0.137. The molecule has 2 unspecified atom stereocenters. The standard InChI is InChI=1S/C27H29F3N2O2S/c1-18-5-4-6-19(15-18)13-14-31-25(33)17-32-22-7-2-3-8-23(22)35-24(26(32)34)16-20-9-11-21(12-10-20)27(28,29)30/h4-6,9-12,15-16,22-23H,2-3,7-8,13-14,17H2,1H3,(H,31,33)/b24-16-. The number of benzene rings is 2. The number of hydrogen-bond donors (Lipinski definition) is 1. The molecule has 4 nitrogen and oxygen atoms in total. The Bertz CT molecular complexity index is 1100. The number of nitrogens with one attached hydrogen (secondary N) is 1. The van der Waals surface area contributed by atoms with Crippen LogP contribution in [0.1, 0.15) is 47.9 Å². The third-order valence-electron chi connectivity index (χ3n) is 6.49. The van der Waals surface area contributed by atoms with Crippen LogP contribution in [0.5, 0.6) is 0 Å². The summed E-state index contributed by atoms with van der Waals surface area (Å²) in [6.45, 7) is 2.50. The summed E-state index contributed by atoms with van der Waals surface area (Å²) < 4.78 is 38.6. The third-order valence-corrected chi connectivity index (χ3v) is 7.89. The van der Waals surface area contributed by atoms with Gasteiger partial charge < -0.3 is 10.2 Å². The number of alkyl halides is 3. The van der Waals surface area contributed by atoms with E-state index in [9.17, 15) is 22.8 Å². The highest BCUT2D eigenvalue weighted by molar-refractivity contribution is 8.04. The van der Waals surface area contributed by atoms with Gasteiger partial charge in [-0.3, -0.25) is 9.59 Å². The number of amides is 2. The van der Waals surface area contributed by atoms with E-state index < -0.39 is 11.7 Å². The van der Waals surface area contributed by atoms with E-state index in [1.165, 1.54) is 29.5 Å². The van der Waals surface area contributed by atoms with Crippen LogP contribution >= 0.6 is 11.8 Å². The second kappa shape index (κ2) is 10.9. The molecule has 2 aromatic rings. The van der Waals surface area contributed by atoms with Crippen LogP contribution in [-0.2, 0) is 22.2 Å².